The van der Waals surface area contributed by atoms with Gasteiger partial charge in [-0.15, -0.1) is 0 Å². The van der Waals surface area contributed by atoms with E-state index in [4.69, 9.17) is 0 Å². The number of rotatable bonds is 4. The molecule has 1 N–H and O–H groups in total. The predicted octanol–water partition coefficient (Wildman–Crippen LogP) is 3.04. The van der Waals surface area contributed by atoms with E-state index in [1.807, 2.05) is 46.0 Å². The molecule has 17 heavy (non-hydrogen) atoms. The van der Waals surface area contributed by atoms with Crippen molar-refractivity contribution < 1.29 is 4.79 Å². The van der Waals surface area contributed by atoms with E-state index < -0.39 is 0 Å². The maximum Gasteiger partial charge on any atom is 0.241 e. The number of hydrogen-bond donors (Lipinski definition) is 1. The summed E-state index contributed by atoms with van der Waals surface area (Å²) in [5.41, 5.74) is 2.13. The van der Waals surface area contributed by atoms with Crippen LogP contribution in [0.4, 0.5) is 5.69 Å². The molecule has 0 unspecified atom stereocenters. The van der Waals surface area contributed by atoms with Crippen LogP contribution in [-0.4, -0.2) is 30.4 Å². The van der Waals surface area contributed by atoms with Gasteiger partial charge in [-0.3, -0.25) is 4.79 Å². The van der Waals surface area contributed by atoms with Gasteiger partial charge in [0.2, 0.25) is 5.91 Å². The van der Waals surface area contributed by atoms with Gasteiger partial charge in [0.15, 0.2) is 0 Å². The summed E-state index contributed by atoms with van der Waals surface area (Å²) < 4.78 is 1.05. The summed E-state index contributed by atoms with van der Waals surface area (Å²) in [4.78, 5) is 13.5. The van der Waals surface area contributed by atoms with Crippen LogP contribution in [0.15, 0.2) is 22.7 Å². The molecule has 0 saturated heterocycles. The SMILES string of the molecule is Cc1ccc(NCC(=O)N(C)C(C)C)cc1Br. The summed E-state index contributed by atoms with van der Waals surface area (Å²) in [5.74, 6) is 0.0942. The first-order chi connectivity index (χ1) is 7.91. The largest absolute Gasteiger partial charge is 0.376 e. The van der Waals surface area contributed by atoms with Crippen molar-refractivity contribution in [2.45, 2.75) is 26.8 Å². The van der Waals surface area contributed by atoms with Crippen LogP contribution < -0.4 is 5.32 Å². The topological polar surface area (TPSA) is 32.3 Å². The molecular formula is C13H19BrN2O. The van der Waals surface area contributed by atoms with Crippen LogP contribution in [0.25, 0.3) is 0 Å². The van der Waals surface area contributed by atoms with Gasteiger partial charge in [-0.05, 0) is 38.5 Å². The highest BCUT2D eigenvalue weighted by Crippen LogP contribution is 2.20. The Balaban J connectivity index is 2.56. The van der Waals surface area contributed by atoms with Crippen LogP contribution >= 0.6 is 15.9 Å². The molecule has 3 nitrogen and oxygen atoms in total. The minimum absolute atomic E-state index is 0.0942. The Morgan fingerprint density at radius 1 is 1.47 bits per heavy atom. The van der Waals surface area contributed by atoms with Crippen LogP contribution in [0.1, 0.15) is 19.4 Å². The number of nitrogens with zero attached hydrogens (tertiary/aromatic N) is 1. The minimum atomic E-state index is 0.0942. The summed E-state index contributed by atoms with van der Waals surface area (Å²) in [5, 5.41) is 3.13. The van der Waals surface area contributed by atoms with Crippen LogP contribution in [0.2, 0.25) is 0 Å². The molecule has 0 aromatic heterocycles. The average molecular weight is 299 g/mol. The van der Waals surface area contributed by atoms with Crippen LogP contribution in [0.5, 0.6) is 0 Å². The summed E-state index contributed by atoms with van der Waals surface area (Å²) in [7, 11) is 1.82. The van der Waals surface area contributed by atoms with Gasteiger partial charge < -0.3 is 10.2 Å². The third-order valence-electron chi connectivity index (χ3n) is 2.78. The highest BCUT2D eigenvalue weighted by atomic mass is 79.9. The van der Waals surface area contributed by atoms with Crippen molar-refractivity contribution in [1.29, 1.82) is 0 Å². The standard InChI is InChI=1S/C13H19BrN2O/c1-9(2)16(4)13(17)8-15-11-6-5-10(3)12(14)7-11/h5-7,9,15H,8H2,1-4H3. The lowest BCUT2D eigenvalue weighted by atomic mass is 10.2. The first kappa shape index (κ1) is 14.0. The normalized spacial score (nSPS) is 10.5. The average Bonchev–Trinajstić information content (AvgIpc) is 2.29. The number of anilines is 1. The molecule has 1 amide bonds. The lowest BCUT2D eigenvalue weighted by Crippen LogP contribution is -2.37. The number of carbonyl (C=O) groups is 1. The molecular weight excluding hydrogens is 280 g/mol. The van der Waals surface area contributed by atoms with Crippen molar-refractivity contribution in [2.24, 2.45) is 0 Å². The van der Waals surface area contributed by atoms with Crippen LogP contribution in [0, 0.1) is 6.92 Å². The first-order valence-electron chi connectivity index (χ1n) is 5.67. The smallest absolute Gasteiger partial charge is 0.241 e. The number of nitrogens with one attached hydrogen (secondary N) is 1. The molecule has 0 heterocycles. The molecule has 0 aliphatic heterocycles. The zero-order valence-electron chi connectivity index (χ0n) is 10.7. The van der Waals surface area contributed by atoms with Gasteiger partial charge in [-0.1, -0.05) is 22.0 Å². The van der Waals surface area contributed by atoms with Gasteiger partial charge in [0, 0.05) is 23.2 Å². The predicted molar refractivity (Wildman–Crippen MR) is 75.3 cm³/mol. The Morgan fingerprint density at radius 2 is 2.12 bits per heavy atom. The highest BCUT2D eigenvalue weighted by molar-refractivity contribution is 9.10. The lowest BCUT2D eigenvalue weighted by Gasteiger charge is -2.21. The second kappa shape index (κ2) is 6.05. The molecule has 0 radical (unpaired) electrons. The van der Waals surface area contributed by atoms with Gasteiger partial charge in [0.1, 0.15) is 0 Å². The van der Waals surface area contributed by atoms with Crippen molar-refractivity contribution >= 4 is 27.5 Å². The van der Waals surface area contributed by atoms with E-state index in [1.165, 1.54) is 5.56 Å². The Bertz CT molecular complexity index is 404. The Morgan fingerprint density at radius 3 is 2.65 bits per heavy atom. The molecule has 0 spiro atoms. The molecule has 0 aliphatic rings. The van der Waals surface area contributed by atoms with Crippen LogP contribution in [0.3, 0.4) is 0 Å². The molecule has 94 valence electrons. The Labute approximate surface area is 111 Å². The number of benzene rings is 1. The second-order valence-electron chi connectivity index (χ2n) is 4.42. The van der Waals surface area contributed by atoms with Gasteiger partial charge in [-0.2, -0.15) is 0 Å². The van der Waals surface area contributed by atoms with Gasteiger partial charge in [0.25, 0.3) is 0 Å². The van der Waals surface area contributed by atoms with E-state index in [0.29, 0.717) is 6.54 Å². The third-order valence-corrected chi connectivity index (χ3v) is 3.64. The van der Waals surface area contributed by atoms with E-state index in [1.54, 1.807) is 4.90 Å². The highest BCUT2D eigenvalue weighted by Gasteiger charge is 2.11. The molecule has 1 aromatic rings. The molecule has 0 aliphatic carbocycles. The maximum absolute atomic E-state index is 11.8. The van der Waals surface area contributed by atoms with Crippen molar-refractivity contribution in [3.63, 3.8) is 0 Å². The van der Waals surface area contributed by atoms with Gasteiger partial charge >= 0.3 is 0 Å². The first-order valence-corrected chi connectivity index (χ1v) is 6.46. The fraction of sp³-hybridized carbons (Fsp3) is 0.462. The van der Waals surface area contributed by atoms with E-state index in [-0.39, 0.29) is 11.9 Å². The third kappa shape index (κ3) is 4.04. The number of carbonyl (C=O) groups excluding carboxylic acids is 1. The zero-order valence-corrected chi connectivity index (χ0v) is 12.3. The molecule has 0 fully saturated rings. The van der Waals surface area contributed by atoms with Crippen molar-refractivity contribution in [2.75, 3.05) is 18.9 Å². The molecule has 0 atom stereocenters. The van der Waals surface area contributed by atoms with Crippen LogP contribution in [-0.2, 0) is 4.79 Å². The summed E-state index contributed by atoms with van der Waals surface area (Å²) in [6.45, 7) is 6.36. The molecule has 1 rings (SSSR count). The summed E-state index contributed by atoms with van der Waals surface area (Å²) in [6, 6.07) is 6.21. The molecule has 4 heteroatoms. The Hall–Kier alpha value is -1.03. The minimum Gasteiger partial charge on any atom is -0.376 e. The van der Waals surface area contributed by atoms with E-state index in [2.05, 4.69) is 21.2 Å². The summed E-state index contributed by atoms with van der Waals surface area (Å²) >= 11 is 3.47. The number of hydrogen-bond acceptors (Lipinski definition) is 2. The monoisotopic (exact) mass is 298 g/mol. The number of aryl methyl sites for hydroxylation is 1. The van der Waals surface area contributed by atoms with E-state index in [0.717, 1.165) is 10.2 Å². The van der Waals surface area contributed by atoms with E-state index >= 15 is 0 Å². The van der Waals surface area contributed by atoms with Crippen molar-refractivity contribution in [3.8, 4) is 0 Å². The number of likely N-dealkylation sites (N-methyl/N-ethyl adjacent to an activating group) is 1. The molecule has 1 aromatic carbocycles. The molecule has 0 saturated carbocycles. The zero-order chi connectivity index (χ0) is 13.0. The lowest BCUT2D eigenvalue weighted by molar-refractivity contribution is -0.129. The Kier molecular flexibility index (Phi) is 5.00. The van der Waals surface area contributed by atoms with Gasteiger partial charge in [0.05, 0.1) is 6.54 Å². The number of halogens is 1. The fourth-order valence-electron chi connectivity index (χ4n) is 1.29. The second-order valence-corrected chi connectivity index (χ2v) is 5.27. The van der Waals surface area contributed by atoms with Crippen molar-refractivity contribution in [3.05, 3.63) is 28.2 Å². The van der Waals surface area contributed by atoms with E-state index in [9.17, 15) is 4.79 Å². The maximum atomic E-state index is 11.8. The molecule has 0 bridgehead atoms. The summed E-state index contributed by atoms with van der Waals surface area (Å²) in [6.07, 6.45) is 0. The van der Waals surface area contributed by atoms with Gasteiger partial charge in [-0.25, -0.2) is 0 Å². The number of amides is 1. The van der Waals surface area contributed by atoms with Crippen molar-refractivity contribution in [1.82, 2.24) is 4.90 Å². The fourth-order valence-corrected chi connectivity index (χ4v) is 1.67. The quantitative estimate of drug-likeness (QED) is 0.927.